The summed E-state index contributed by atoms with van der Waals surface area (Å²) < 4.78 is 5.17. The Kier molecular flexibility index (Phi) is 5.98. The zero-order valence-corrected chi connectivity index (χ0v) is 15.9. The van der Waals surface area contributed by atoms with Crippen molar-refractivity contribution < 1.29 is 14.6 Å². The Bertz CT molecular complexity index is 751. The van der Waals surface area contributed by atoms with Gasteiger partial charge in [-0.2, -0.15) is 0 Å². The lowest BCUT2D eigenvalue weighted by atomic mass is 9.92. The van der Waals surface area contributed by atoms with Crippen LogP contribution in [0.25, 0.3) is 11.1 Å². The molecule has 0 saturated carbocycles. The van der Waals surface area contributed by atoms with E-state index in [0.717, 1.165) is 30.0 Å². The highest BCUT2D eigenvalue weighted by Gasteiger charge is 2.31. The largest absolute Gasteiger partial charge is 0.497 e. The Hall–Kier alpha value is -2.57. The highest BCUT2D eigenvalue weighted by molar-refractivity contribution is 5.89. The van der Waals surface area contributed by atoms with E-state index in [9.17, 15) is 9.90 Å². The number of hydrogen-bond acceptors (Lipinski definition) is 4. The van der Waals surface area contributed by atoms with Gasteiger partial charge < -0.3 is 25.4 Å². The maximum Gasteiger partial charge on any atom is 0.319 e. The van der Waals surface area contributed by atoms with Crippen LogP contribution in [0.4, 0.5) is 10.5 Å². The number of aliphatic hydroxyl groups is 1. The van der Waals surface area contributed by atoms with E-state index in [1.54, 1.807) is 7.11 Å². The lowest BCUT2D eigenvalue weighted by Crippen LogP contribution is -2.50. The van der Waals surface area contributed by atoms with Gasteiger partial charge in [0.05, 0.1) is 12.7 Å². The maximum atomic E-state index is 12.1. The summed E-state index contributed by atoms with van der Waals surface area (Å²) in [6.45, 7) is 1.94. The number of carbonyl (C=O) groups is 1. The van der Waals surface area contributed by atoms with Crippen LogP contribution in [0, 0.1) is 0 Å². The van der Waals surface area contributed by atoms with Gasteiger partial charge in [0.1, 0.15) is 5.75 Å². The van der Waals surface area contributed by atoms with E-state index in [0.29, 0.717) is 18.5 Å². The molecule has 6 heteroatoms. The summed E-state index contributed by atoms with van der Waals surface area (Å²) in [5.74, 6) is 0.819. The van der Waals surface area contributed by atoms with Crippen molar-refractivity contribution in [3.63, 3.8) is 0 Å². The molecule has 1 aliphatic heterocycles. The van der Waals surface area contributed by atoms with Crippen molar-refractivity contribution in [2.24, 2.45) is 0 Å². The number of rotatable bonds is 5. The van der Waals surface area contributed by atoms with Gasteiger partial charge >= 0.3 is 6.03 Å². The smallest absolute Gasteiger partial charge is 0.319 e. The molecule has 3 N–H and O–H groups in total. The van der Waals surface area contributed by atoms with E-state index in [4.69, 9.17) is 4.74 Å². The number of methoxy groups -OCH3 is 1. The number of likely N-dealkylation sites (tertiary alicyclic amines) is 1. The van der Waals surface area contributed by atoms with E-state index in [1.165, 1.54) is 0 Å². The van der Waals surface area contributed by atoms with Crippen molar-refractivity contribution >= 4 is 11.7 Å². The molecular formula is C21H27N3O3. The normalized spacial score (nSPS) is 16.6. The topological polar surface area (TPSA) is 73.8 Å². The fourth-order valence-electron chi connectivity index (χ4n) is 3.16. The second-order valence-electron chi connectivity index (χ2n) is 7.14. The van der Waals surface area contributed by atoms with Crippen LogP contribution in [0.15, 0.2) is 48.5 Å². The predicted octanol–water partition coefficient (Wildman–Crippen LogP) is 2.94. The average molecular weight is 369 g/mol. The maximum absolute atomic E-state index is 12.1. The van der Waals surface area contributed by atoms with Crippen molar-refractivity contribution in [1.29, 1.82) is 0 Å². The SMILES string of the molecule is COc1ccc(-c2ccc(NC(=O)NCC3(O)CCN(C)CC3)cc2)cc1. The first-order chi connectivity index (χ1) is 13.0. The average Bonchev–Trinajstić information content (AvgIpc) is 2.70. The molecule has 0 unspecified atom stereocenters. The molecule has 2 aromatic rings. The second-order valence-corrected chi connectivity index (χ2v) is 7.14. The third-order valence-corrected chi connectivity index (χ3v) is 5.06. The van der Waals surface area contributed by atoms with Crippen LogP contribution < -0.4 is 15.4 Å². The van der Waals surface area contributed by atoms with Gasteiger partial charge in [-0.25, -0.2) is 4.79 Å². The molecule has 144 valence electrons. The minimum Gasteiger partial charge on any atom is -0.497 e. The fraction of sp³-hybridized carbons (Fsp3) is 0.381. The Labute approximate surface area is 160 Å². The number of anilines is 1. The molecule has 0 radical (unpaired) electrons. The number of piperidine rings is 1. The van der Waals surface area contributed by atoms with Gasteiger partial charge in [0.25, 0.3) is 0 Å². The summed E-state index contributed by atoms with van der Waals surface area (Å²) in [5, 5.41) is 16.1. The molecule has 1 fully saturated rings. The van der Waals surface area contributed by atoms with Gasteiger partial charge in [-0.1, -0.05) is 24.3 Å². The molecule has 2 amide bonds. The van der Waals surface area contributed by atoms with Gasteiger partial charge in [-0.05, 0) is 55.3 Å². The zero-order chi connectivity index (χ0) is 19.3. The van der Waals surface area contributed by atoms with Crippen LogP contribution in [0.1, 0.15) is 12.8 Å². The third kappa shape index (κ3) is 5.21. The number of benzene rings is 2. The summed E-state index contributed by atoms with van der Waals surface area (Å²) in [6, 6.07) is 15.2. The van der Waals surface area contributed by atoms with Crippen molar-refractivity contribution in [3.8, 4) is 16.9 Å². The molecule has 0 spiro atoms. The minimum absolute atomic E-state index is 0.261. The number of nitrogens with one attached hydrogen (secondary N) is 2. The van der Waals surface area contributed by atoms with Crippen molar-refractivity contribution in [2.75, 3.05) is 39.1 Å². The van der Waals surface area contributed by atoms with E-state index < -0.39 is 5.60 Å². The van der Waals surface area contributed by atoms with Crippen LogP contribution in [-0.4, -0.2) is 55.4 Å². The Morgan fingerprint density at radius 1 is 1.07 bits per heavy atom. The van der Waals surface area contributed by atoms with Crippen molar-refractivity contribution in [1.82, 2.24) is 10.2 Å². The van der Waals surface area contributed by atoms with Crippen LogP contribution in [0.3, 0.4) is 0 Å². The van der Waals surface area contributed by atoms with Gasteiger partial charge in [-0.3, -0.25) is 0 Å². The van der Waals surface area contributed by atoms with Gasteiger partial charge in [-0.15, -0.1) is 0 Å². The number of ether oxygens (including phenoxy) is 1. The highest BCUT2D eigenvalue weighted by atomic mass is 16.5. The molecule has 0 aromatic heterocycles. The van der Waals surface area contributed by atoms with E-state index >= 15 is 0 Å². The quantitative estimate of drug-likeness (QED) is 0.758. The fourth-order valence-corrected chi connectivity index (χ4v) is 3.16. The van der Waals surface area contributed by atoms with Crippen LogP contribution >= 0.6 is 0 Å². The molecule has 6 nitrogen and oxygen atoms in total. The molecule has 0 atom stereocenters. The first-order valence-electron chi connectivity index (χ1n) is 9.18. The first kappa shape index (κ1) is 19.2. The molecule has 0 bridgehead atoms. The van der Waals surface area contributed by atoms with E-state index in [2.05, 4.69) is 15.5 Å². The molecule has 1 aliphatic rings. The van der Waals surface area contributed by atoms with Gasteiger partial charge in [0.2, 0.25) is 0 Å². The molecule has 2 aromatic carbocycles. The lowest BCUT2D eigenvalue weighted by molar-refractivity contribution is -0.0120. The first-order valence-corrected chi connectivity index (χ1v) is 9.18. The van der Waals surface area contributed by atoms with Gasteiger partial charge in [0, 0.05) is 25.3 Å². The molecule has 3 rings (SSSR count). The third-order valence-electron chi connectivity index (χ3n) is 5.06. The van der Waals surface area contributed by atoms with Crippen molar-refractivity contribution in [2.45, 2.75) is 18.4 Å². The van der Waals surface area contributed by atoms with Crippen LogP contribution in [-0.2, 0) is 0 Å². The van der Waals surface area contributed by atoms with E-state index in [1.807, 2.05) is 55.6 Å². The van der Waals surface area contributed by atoms with Crippen molar-refractivity contribution in [3.05, 3.63) is 48.5 Å². The van der Waals surface area contributed by atoms with Crippen LogP contribution in [0.5, 0.6) is 5.75 Å². The Morgan fingerprint density at radius 3 is 2.19 bits per heavy atom. The molecule has 1 heterocycles. The summed E-state index contributed by atoms with van der Waals surface area (Å²) in [6.07, 6.45) is 1.33. The molecule has 0 aliphatic carbocycles. The zero-order valence-electron chi connectivity index (χ0n) is 15.9. The number of carbonyl (C=O) groups excluding carboxylic acids is 1. The van der Waals surface area contributed by atoms with Crippen LogP contribution in [0.2, 0.25) is 0 Å². The Morgan fingerprint density at radius 2 is 1.63 bits per heavy atom. The summed E-state index contributed by atoms with van der Waals surface area (Å²) >= 11 is 0. The van der Waals surface area contributed by atoms with Gasteiger partial charge in [0.15, 0.2) is 0 Å². The monoisotopic (exact) mass is 369 g/mol. The number of nitrogens with zero attached hydrogens (tertiary/aromatic N) is 1. The van der Waals surface area contributed by atoms with E-state index in [-0.39, 0.29) is 12.6 Å². The molecular weight excluding hydrogens is 342 g/mol. The summed E-state index contributed by atoms with van der Waals surface area (Å²) in [7, 11) is 3.68. The summed E-state index contributed by atoms with van der Waals surface area (Å²) in [4.78, 5) is 14.3. The molecule has 1 saturated heterocycles. The predicted molar refractivity (Wildman–Crippen MR) is 107 cm³/mol. The Balaban J connectivity index is 1.52. The number of urea groups is 1. The summed E-state index contributed by atoms with van der Waals surface area (Å²) in [5.41, 5.74) is 2.03. The number of hydrogen-bond donors (Lipinski definition) is 3. The standard InChI is InChI=1S/C21H27N3O3/c1-24-13-11-21(26,12-14-24)15-22-20(25)23-18-7-3-16(4-8-18)17-5-9-19(27-2)10-6-17/h3-10,26H,11-15H2,1-2H3,(H2,22,23,25). The number of amides is 2. The highest BCUT2D eigenvalue weighted by Crippen LogP contribution is 2.24. The second kappa shape index (κ2) is 8.41. The minimum atomic E-state index is -0.817. The molecule has 27 heavy (non-hydrogen) atoms. The lowest BCUT2D eigenvalue weighted by Gasteiger charge is -2.36.